The summed E-state index contributed by atoms with van der Waals surface area (Å²) in [7, 11) is 0. The maximum absolute atomic E-state index is 11.3. The molecule has 4 fully saturated rings. The van der Waals surface area contributed by atoms with Gasteiger partial charge in [-0.2, -0.15) is 0 Å². The van der Waals surface area contributed by atoms with Crippen LogP contribution < -0.4 is 5.73 Å². The topological polar surface area (TPSA) is 46.3 Å². The van der Waals surface area contributed by atoms with E-state index in [2.05, 4.69) is 0 Å². The fourth-order valence-electron chi connectivity index (χ4n) is 4.05. The van der Waals surface area contributed by atoms with E-state index in [4.69, 9.17) is 5.73 Å². The Balaban J connectivity index is 1.89. The molecule has 2 atom stereocenters. The van der Waals surface area contributed by atoms with Gasteiger partial charge in [0.15, 0.2) is 0 Å². The second-order valence-corrected chi connectivity index (χ2v) is 5.42. The predicted molar refractivity (Wildman–Crippen MR) is 53.6 cm³/mol. The Bertz CT molecular complexity index is 252. The Morgan fingerprint density at radius 3 is 2.14 bits per heavy atom. The van der Waals surface area contributed by atoms with E-state index in [9.17, 15) is 4.79 Å². The quantitative estimate of drug-likeness (QED) is 0.625. The number of nitrogens with two attached hydrogens (primary N) is 1. The molecule has 4 bridgehead atoms. The third-order valence-corrected chi connectivity index (χ3v) is 4.39. The molecular formula is C11H18N2O. The van der Waals surface area contributed by atoms with Crippen molar-refractivity contribution in [3.05, 3.63) is 0 Å². The summed E-state index contributed by atoms with van der Waals surface area (Å²) in [5, 5.41) is 0. The van der Waals surface area contributed by atoms with Gasteiger partial charge in [0, 0.05) is 12.6 Å². The van der Waals surface area contributed by atoms with Crippen molar-refractivity contribution in [1.29, 1.82) is 0 Å². The maximum Gasteiger partial charge on any atom is 0.315 e. The van der Waals surface area contributed by atoms with Gasteiger partial charge in [0.2, 0.25) is 0 Å². The minimum absolute atomic E-state index is 0.191. The minimum atomic E-state index is -0.191. The molecule has 2 aliphatic heterocycles. The van der Waals surface area contributed by atoms with Crippen LogP contribution in [0.25, 0.3) is 0 Å². The van der Waals surface area contributed by atoms with Crippen LogP contribution in [0.3, 0.4) is 0 Å². The predicted octanol–water partition coefficient (Wildman–Crippen LogP) is 1.58. The van der Waals surface area contributed by atoms with E-state index >= 15 is 0 Å². The van der Waals surface area contributed by atoms with Crippen molar-refractivity contribution in [3.63, 3.8) is 0 Å². The van der Waals surface area contributed by atoms with E-state index in [0.29, 0.717) is 6.04 Å². The first kappa shape index (κ1) is 8.57. The summed E-state index contributed by atoms with van der Waals surface area (Å²) in [6, 6.07) is 0.284. The molecule has 2 saturated heterocycles. The number of rotatable bonds is 0. The average Bonchev–Trinajstić information content (AvgIpc) is 2.30. The van der Waals surface area contributed by atoms with Crippen LogP contribution in [0.1, 0.15) is 32.1 Å². The first-order chi connectivity index (χ1) is 6.72. The van der Waals surface area contributed by atoms with Gasteiger partial charge in [-0.05, 0) is 49.9 Å². The molecule has 14 heavy (non-hydrogen) atoms. The Hall–Kier alpha value is -0.730. The smallest absolute Gasteiger partial charge is 0.315 e. The summed E-state index contributed by atoms with van der Waals surface area (Å²) in [6.07, 6.45) is 6.54. The van der Waals surface area contributed by atoms with Gasteiger partial charge in [-0.15, -0.1) is 0 Å². The van der Waals surface area contributed by atoms with Crippen LogP contribution >= 0.6 is 0 Å². The highest BCUT2D eigenvalue weighted by molar-refractivity contribution is 5.72. The maximum atomic E-state index is 11.3. The lowest BCUT2D eigenvalue weighted by atomic mass is 9.68. The van der Waals surface area contributed by atoms with Crippen LogP contribution in [-0.4, -0.2) is 23.5 Å². The molecule has 78 valence electrons. The zero-order valence-electron chi connectivity index (χ0n) is 8.48. The number of amides is 2. The SMILES string of the molecule is NC(=O)N1CC2CC3CC(C2)CC1C3. The van der Waals surface area contributed by atoms with Crippen LogP contribution in [0, 0.1) is 17.8 Å². The van der Waals surface area contributed by atoms with E-state index in [1.807, 2.05) is 4.90 Å². The van der Waals surface area contributed by atoms with E-state index in [0.717, 1.165) is 24.3 Å². The van der Waals surface area contributed by atoms with Crippen molar-refractivity contribution >= 4 is 6.03 Å². The number of carbonyl (C=O) groups excluding carboxylic acids is 1. The number of hydrogen-bond donors (Lipinski definition) is 1. The molecule has 4 aliphatic rings. The molecule has 2 saturated carbocycles. The normalized spacial score (nSPS) is 45.3. The van der Waals surface area contributed by atoms with Crippen LogP contribution in [0.5, 0.6) is 0 Å². The van der Waals surface area contributed by atoms with Crippen LogP contribution in [0.4, 0.5) is 4.79 Å². The van der Waals surface area contributed by atoms with Crippen molar-refractivity contribution in [1.82, 2.24) is 4.90 Å². The van der Waals surface area contributed by atoms with E-state index in [-0.39, 0.29) is 6.03 Å². The Labute approximate surface area is 84.6 Å². The molecule has 0 aromatic heterocycles. The molecule has 2 aliphatic carbocycles. The number of primary amides is 1. The number of fused-ring (bicyclic) bond motifs is 1. The summed E-state index contributed by atoms with van der Waals surface area (Å²) in [5.74, 6) is 2.53. The third-order valence-electron chi connectivity index (χ3n) is 4.39. The number of urea groups is 1. The largest absolute Gasteiger partial charge is 0.351 e. The van der Waals surface area contributed by atoms with Crippen molar-refractivity contribution in [2.75, 3.05) is 6.54 Å². The molecule has 3 nitrogen and oxygen atoms in total. The van der Waals surface area contributed by atoms with Crippen molar-refractivity contribution in [2.45, 2.75) is 38.1 Å². The first-order valence-corrected chi connectivity index (χ1v) is 5.78. The standard InChI is InChI=1S/C11H18N2O/c12-11(14)13-6-9-2-7-1-8(3-9)5-10(13)4-7/h7-10H,1-6H2,(H2,12,14). The zero-order valence-corrected chi connectivity index (χ0v) is 8.48. The Morgan fingerprint density at radius 2 is 1.57 bits per heavy atom. The summed E-state index contributed by atoms with van der Waals surface area (Å²) >= 11 is 0. The molecule has 0 radical (unpaired) electrons. The summed E-state index contributed by atoms with van der Waals surface area (Å²) in [4.78, 5) is 13.3. The molecule has 0 spiro atoms. The van der Waals surface area contributed by atoms with Gasteiger partial charge in [0.25, 0.3) is 0 Å². The van der Waals surface area contributed by atoms with E-state index in [1.165, 1.54) is 32.1 Å². The highest BCUT2D eigenvalue weighted by atomic mass is 16.2. The lowest BCUT2D eigenvalue weighted by Crippen LogP contribution is -2.44. The second kappa shape index (κ2) is 2.88. The van der Waals surface area contributed by atoms with Gasteiger partial charge in [-0.3, -0.25) is 0 Å². The average molecular weight is 194 g/mol. The lowest BCUT2D eigenvalue weighted by molar-refractivity contribution is 0.134. The van der Waals surface area contributed by atoms with Gasteiger partial charge < -0.3 is 10.6 Å². The van der Waals surface area contributed by atoms with Gasteiger partial charge >= 0.3 is 6.03 Å². The van der Waals surface area contributed by atoms with Gasteiger partial charge in [-0.1, -0.05) is 0 Å². The highest BCUT2D eigenvalue weighted by Gasteiger charge is 2.43. The fraction of sp³-hybridized carbons (Fsp3) is 0.909. The van der Waals surface area contributed by atoms with Gasteiger partial charge in [0.1, 0.15) is 0 Å². The molecular weight excluding hydrogens is 176 g/mol. The Kier molecular flexibility index (Phi) is 1.76. The second-order valence-electron chi connectivity index (χ2n) is 5.42. The van der Waals surface area contributed by atoms with Crippen LogP contribution in [0.2, 0.25) is 0 Å². The highest BCUT2D eigenvalue weighted by Crippen LogP contribution is 2.47. The van der Waals surface area contributed by atoms with Crippen molar-refractivity contribution in [3.8, 4) is 0 Å². The lowest BCUT2D eigenvalue weighted by Gasteiger charge is -2.38. The Morgan fingerprint density at radius 1 is 1.00 bits per heavy atom. The molecule has 4 rings (SSSR count). The van der Waals surface area contributed by atoms with Crippen molar-refractivity contribution < 1.29 is 4.79 Å². The summed E-state index contributed by atoms with van der Waals surface area (Å²) in [5.41, 5.74) is 5.44. The van der Waals surface area contributed by atoms with Crippen LogP contribution in [-0.2, 0) is 0 Å². The zero-order chi connectivity index (χ0) is 9.71. The first-order valence-electron chi connectivity index (χ1n) is 5.78. The molecule has 0 aromatic carbocycles. The third kappa shape index (κ3) is 1.22. The van der Waals surface area contributed by atoms with Crippen LogP contribution in [0.15, 0.2) is 0 Å². The minimum Gasteiger partial charge on any atom is -0.351 e. The monoisotopic (exact) mass is 194 g/mol. The fourth-order valence-corrected chi connectivity index (χ4v) is 4.05. The van der Waals surface area contributed by atoms with E-state index in [1.54, 1.807) is 0 Å². The van der Waals surface area contributed by atoms with Crippen molar-refractivity contribution in [2.24, 2.45) is 23.5 Å². The molecule has 2 amide bonds. The molecule has 2 unspecified atom stereocenters. The number of carbonyl (C=O) groups is 1. The molecule has 2 heterocycles. The molecule has 0 aromatic rings. The molecule has 3 heteroatoms. The number of hydrogen-bond acceptors (Lipinski definition) is 1. The summed E-state index contributed by atoms with van der Waals surface area (Å²) in [6.45, 7) is 0.937. The van der Waals surface area contributed by atoms with Gasteiger partial charge in [0.05, 0.1) is 0 Å². The van der Waals surface area contributed by atoms with Gasteiger partial charge in [-0.25, -0.2) is 4.79 Å². The van der Waals surface area contributed by atoms with E-state index < -0.39 is 0 Å². The number of nitrogens with zero attached hydrogens (tertiary/aromatic N) is 1. The molecule has 2 N–H and O–H groups in total. The summed E-state index contributed by atoms with van der Waals surface area (Å²) < 4.78 is 0.